The maximum absolute atomic E-state index is 12.2. The van der Waals surface area contributed by atoms with Crippen molar-refractivity contribution in [3.8, 4) is 6.07 Å². The van der Waals surface area contributed by atoms with Crippen LogP contribution in [0.2, 0.25) is 0 Å². The third-order valence-corrected chi connectivity index (χ3v) is 3.76. The van der Waals surface area contributed by atoms with E-state index >= 15 is 0 Å². The number of nitrogens with one attached hydrogen (secondary N) is 2. The Hall–Kier alpha value is -3.17. The lowest BCUT2D eigenvalue weighted by atomic mass is 10.00. The van der Waals surface area contributed by atoms with Crippen molar-refractivity contribution in [1.29, 1.82) is 5.26 Å². The number of carbonyl (C=O) groups excluding carboxylic acids is 2. The summed E-state index contributed by atoms with van der Waals surface area (Å²) in [6.07, 6.45) is 0. The fourth-order valence-electron chi connectivity index (χ4n) is 2.29. The van der Waals surface area contributed by atoms with Crippen LogP contribution in [0.15, 0.2) is 48.5 Å². The molecule has 2 amide bonds. The van der Waals surface area contributed by atoms with Crippen LogP contribution in [-0.4, -0.2) is 24.9 Å². The zero-order chi connectivity index (χ0) is 18.2. The van der Waals surface area contributed by atoms with E-state index in [1.54, 1.807) is 42.5 Å². The van der Waals surface area contributed by atoms with Crippen molar-refractivity contribution < 1.29 is 9.59 Å². The Balaban J connectivity index is 2.03. The molecule has 0 bridgehead atoms. The Morgan fingerprint density at radius 1 is 1.20 bits per heavy atom. The van der Waals surface area contributed by atoms with Crippen molar-refractivity contribution in [3.63, 3.8) is 0 Å². The Kier molecular flexibility index (Phi) is 6.26. The van der Waals surface area contributed by atoms with E-state index in [9.17, 15) is 9.59 Å². The molecule has 1 unspecified atom stereocenters. The average molecular weight is 336 g/mol. The largest absolute Gasteiger partial charge is 0.354 e. The van der Waals surface area contributed by atoms with Gasteiger partial charge in [-0.3, -0.25) is 9.59 Å². The molecule has 0 spiro atoms. The zero-order valence-corrected chi connectivity index (χ0v) is 14.0. The monoisotopic (exact) mass is 336 g/mol. The Morgan fingerprint density at radius 3 is 2.56 bits per heavy atom. The van der Waals surface area contributed by atoms with Crippen LogP contribution in [0.4, 0.5) is 5.69 Å². The van der Waals surface area contributed by atoms with E-state index in [2.05, 4.69) is 10.6 Å². The Bertz CT molecular complexity index is 794. The van der Waals surface area contributed by atoms with Gasteiger partial charge in [-0.25, -0.2) is 0 Å². The maximum Gasteiger partial charge on any atom is 0.255 e. The highest BCUT2D eigenvalue weighted by Gasteiger charge is 2.14. The number of hydrogen-bond acceptors (Lipinski definition) is 4. The molecule has 2 aromatic rings. The van der Waals surface area contributed by atoms with Crippen molar-refractivity contribution >= 4 is 17.5 Å². The summed E-state index contributed by atoms with van der Waals surface area (Å²) in [5.41, 5.74) is 7.68. The van der Waals surface area contributed by atoms with Gasteiger partial charge in [0.15, 0.2) is 0 Å². The highest BCUT2D eigenvalue weighted by Crippen LogP contribution is 2.19. The predicted molar refractivity (Wildman–Crippen MR) is 96.0 cm³/mol. The number of nitrogens with two attached hydrogens (primary N) is 1. The smallest absolute Gasteiger partial charge is 0.255 e. The van der Waals surface area contributed by atoms with Gasteiger partial charge < -0.3 is 16.4 Å². The molecule has 0 aromatic heterocycles. The van der Waals surface area contributed by atoms with Gasteiger partial charge in [0.05, 0.1) is 17.6 Å². The number of nitrogens with zero attached hydrogens (tertiary/aromatic N) is 1. The quantitative estimate of drug-likeness (QED) is 0.749. The van der Waals surface area contributed by atoms with Gasteiger partial charge in [-0.1, -0.05) is 18.2 Å². The number of carbonyl (C=O) groups is 2. The first-order valence-electron chi connectivity index (χ1n) is 7.94. The second-order valence-electron chi connectivity index (χ2n) is 5.57. The minimum Gasteiger partial charge on any atom is -0.354 e. The van der Waals surface area contributed by atoms with Crippen LogP contribution in [0.3, 0.4) is 0 Å². The molecule has 0 heterocycles. The summed E-state index contributed by atoms with van der Waals surface area (Å²) in [5.74, 6) is -0.683. The highest BCUT2D eigenvalue weighted by molar-refractivity contribution is 6.04. The van der Waals surface area contributed by atoms with Gasteiger partial charge in [0.1, 0.15) is 0 Å². The molecule has 4 N–H and O–H groups in total. The van der Waals surface area contributed by atoms with Gasteiger partial charge in [0.2, 0.25) is 5.91 Å². The molecule has 0 aliphatic carbocycles. The van der Waals surface area contributed by atoms with Crippen molar-refractivity contribution in [2.75, 3.05) is 18.4 Å². The van der Waals surface area contributed by atoms with Crippen molar-refractivity contribution in [3.05, 3.63) is 65.2 Å². The molecule has 0 radical (unpaired) electrons. The number of nitriles is 1. The molecule has 25 heavy (non-hydrogen) atoms. The Labute approximate surface area is 146 Å². The number of hydrogen-bond donors (Lipinski definition) is 3. The van der Waals surface area contributed by atoms with Crippen LogP contribution in [0.25, 0.3) is 0 Å². The van der Waals surface area contributed by atoms with E-state index in [1.807, 2.05) is 13.0 Å². The van der Waals surface area contributed by atoms with Gasteiger partial charge in [0.25, 0.3) is 5.91 Å². The van der Waals surface area contributed by atoms with Crippen LogP contribution >= 0.6 is 0 Å². The van der Waals surface area contributed by atoms with E-state index in [0.29, 0.717) is 29.9 Å². The molecule has 0 aliphatic heterocycles. The summed E-state index contributed by atoms with van der Waals surface area (Å²) < 4.78 is 0. The molecular weight excluding hydrogens is 316 g/mol. The van der Waals surface area contributed by atoms with E-state index in [4.69, 9.17) is 11.0 Å². The van der Waals surface area contributed by atoms with E-state index < -0.39 is 0 Å². The van der Waals surface area contributed by atoms with Gasteiger partial charge in [-0.05, 0) is 42.8 Å². The highest BCUT2D eigenvalue weighted by atomic mass is 16.2. The third-order valence-electron chi connectivity index (χ3n) is 3.76. The summed E-state index contributed by atoms with van der Waals surface area (Å²) in [4.78, 5) is 24.2. The summed E-state index contributed by atoms with van der Waals surface area (Å²) in [6, 6.07) is 15.6. The molecule has 0 fully saturated rings. The fraction of sp³-hybridized carbons (Fsp3) is 0.211. The first kappa shape index (κ1) is 18.2. The molecule has 6 heteroatoms. The van der Waals surface area contributed by atoms with Gasteiger partial charge in [-0.2, -0.15) is 5.26 Å². The number of benzene rings is 2. The second-order valence-corrected chi connectivity index (χ2v) is 5.57. The van der Waals surface area contributed by atoms with Crippen LogP contribution in [-0.2, 0) is 4.79 Å². The zero-order valence-electron chi connectivity index (χ0n) is 14.0. The second kappa shape index (κ2) is 8.62. The van der Waals surface area contributed by atoms with Crippen molar-refractivity contribution in [2.24, 2.45) is 5.73 Å². The van der Waals surface area contributed by atoms with Crippen LogP contribution in [0.1, 0.15) is 34.3 Å². The van der Waals surface area contributed by atoms with Gasteiger partial charge in [0, 0.05) is 24.3 Å². The van der Waals surface area contributed by atoms with E-state index in [1.165, 1.54) is 6.07 Å². The molecule has 0 aliphatic rings. The van der Waals surface area contributed by atoms with Crippen molar-refractivity contribution in [2.45, 2.75) is 12.8 Å². The molecule has 128 valence electrons. The SMILES string of the molecule is CC(C(=O)NCCN)c1ccc(NC(=O)c2cccc(C#N)c2)cc1. The molecular formula is C19H20N4O2. The van der Waals surface area contributed by atoms with Gasteiger partial charge >= 0.3 is 0 Å². The van der Waals surface area contributed by atoms with E-state index in [0.717, 1.165) is 5.56 Å². The number of amides is 2. The normalized spacial score (nSPS) is 11.2. The summed E-state index contributed by atoms with van der Waals surface area (Å²) in [5, 5.41) is 14.4. The number of anilines is 1. The average Bonchev–Trinajstić information content (AvgIpc) is 2.66. The number of rotatable bonds is 6. The Morgan fingerprint density at radius 2 is 1.92 bits per heavy atom. The first-order chi connectivity index (χ1) is 12.0. The van der Waals surface area contributed by atoms with Crippen LogP contribution < -0.4 is 16.4 Å². The standard InChI is InChI=1S/C19H20N4O2/c1-13(18(24)22-10-9-20)15-5-7-17(8-6-15)23-19(25)16-4-2-3-14(11-16)12-21/h2-8,11,13H,9-10,20H2,1H3,(H,22,24)(H,23,25). The molecule has 0 saturated carbocycles. The predicted octanol–water partition coefficient (Wildman–Crippen LogP) is 1.99. The minimum absolute atomic E-state index is 0.0874. The lowest BCUT2D eigenvalue weighted by Gasteiger charge is -2.13. The third kappa shape index (κ3) is 4.90. The van der Waals surface area contributed by atoms with Crippen molar-refractivity contribution in [1.82, 2.24) is 5.32 Å². The molecule has 1 atom stereocenters. The summed E-state index contributed by atoms with van der Waals surface area (Å²) in [7, 11) is 0. The summed E-state index contributed by atoms with van der Waals surface area (Å²) in [6.45, 7) is 2.66. The topological polar surface area (TPSA) is 108 Å². The summed E-state index contributed by atoms with van der Waals surface area (Å²) >= 11 is 0. The lowest BCUT2D eigenvalue weighted by Crippen LogP contribution is -2.32. The first-order valence-corrected chi connectivity index (χ1v) is 7.94. The van der Waals surface area contributed by atoms with Gasteiger partial charge in [-0.15, -0.1) is 0 Å². The van der Waals surface area contributed by atoms with Crippen LogP contribution in [0, 0.1) is 11.3 Å². The molecule has 2 aromatic carbocycles. The minimum atomic E-state index is -0.302. The lowest BCUT2D eigenvalue weighted by molar-refractivity contribution is -0.122. The molecule has 6 nitrogen and oxygen atoms in total. The molecule has 0 saturated heterocycles. The maximum atomic E-state index is 12.2. The van der Waals surface area contributed by atoms with E-state index in [-0.39, 0.29) is 17.7 Å². The fourth-order valence-corrected chi connectivity index (χ4v) is 2.29. The molecule has 2 rings (SSSR count). The van der Waals surface area contributed by atoms with Crippen LogP contribution in [0.5, 0.6) is 0 Å².